The van der Waals surface area contributed by atoms with E-state index in [4.69, 9.17) is 14.9 Å². The normalized spacial score (nSPS) is 20.5. The third-order valence-electron chi connectivity index (χ3n) is 4.69. The number of aromatic nitrogens is 2. The maximum absolute atomic E-state index is 5.94. The summed E-state index contributed by atoms with van der Waals surface area (Å²) in [5, 5.41) is 3.26. The van der Waals surface area contributed by atoms with Crippen LogP contribution in [0.4, 0.5) is 11.8 Å². The van der Waals surface area contributed by atoms with Gasteiger partial charge in [0.1, 0.15) is 5.52 Å². The molecule has 0 saturated carbocycles. The summed E-state index contributed by atoms with van der Waals surface area (Å²) in [6, 6.07) is 0.496. The number of anilines is 2. The van der Waals surface area contributed by atoms with E-state index in [1.807, 2.05) is 13.3 Å². The van der Waals surface area contributed by atoms with E-state index in [1.54, 1.807) is 0 Å². The minimum Gasteiger partial charge on any atom is -0.458 e. The Morgan fingerprint density at radius 3 is 2.77 bits per heavy atom. The standard InChI is InChI=1S/C15H21N5O2/c1-17-10-6-20(7-10)14-13-12(18-15(16)19-14)11(8-22-13)9-2-4-21-5-3-9/h8-10,17H,2-7H2,1H3,(H2,16,18,19). The van der Waals surface area contributed by atoms with Crippen LogP contribution in [0.1, 0.15) is 24.3 Å². The summed E-state index contributed by atoms with van der Waals surface area (Å²) in [6.07, 6.45) is 3.83. The largest absolute Gasteiger partial charge is 0.458 e. The van der Waals surface area contributed by atoms with Gasteiger partial charge in [-0.3, -0.25) is 0 Å². The molecule has 2 aromatic heterocycles. The quantitative estimate of drug-likeness (QED) is 0.877. The fourth-order valence-electron chi connectivity index (χ4n) is 3.28. The van der Waals surface area contributed by atoms with E-state index < -0.39 is 0 Å². The van der Waals surface area contributed by atoms with Crippen LogP contribution < -0.4 is 16.0 Å². The van der Waals surface area contributed by atoms with Crippen molar-refractivity contribution in [3.05, 3.63) is 11.8 Å². The first-order valence-electron chi connectivity index (χ1n) is 7.81. The SMILES string of the molecule is CNC1CN(c2nc(N)nc3c(C4CCOCC4)coc23)C1. The number of hydrogen-bond acceptors (Lipinski definition) is 7. The minimum atomic E-state index is 0.310. The number of fused-ring (bicyclic) bond motifs is 1. The Hall–Kier alpha value is -1.86. The lowest BCUT2D eigenvalue weighted by Gasteiger charge is -2.39. The van der Waals surface area contributed by atoms with Crippen LogP contribution in [0.3, 0.4) is 0 Å². The van der Waals surface area contributed by atoms with Crippen molar-refractivity contribution in [2.75, 3.05) is 44.0 Å². The van der Waals surface area contributed by atoms with E-state index in [0.717, 1.165) is 61.6 Å². The molecule has 2 aliphatic heterocycles. The van der Waals surface area contributed by atoms with Gasteiger partial charge in [-0.15, -0.1) is 0 Å². The van der Waals surface area contributed by atoms with Gasteiger partial charge in [-0.25, -0.2) is 4.98 Å². The summed E-state index contributed by atoms with van der Waals surface area (Å²) in [7, 11) is 1.97. The first kappa shape index (κ1) is 13.8. The number of nitrogens with zero attached hydrogens (tertiary/aromatic N) is 3. The molecule has 0 aromatic carbocycles. The molecule has 4 rings (SSSR count). The minimum absolute atomic E-state index is 0.310. The van der Waals surface area contributed by atoms with Crippen molar-refractivity contribution in [3.8, 4) is 0 Å². The average molecular weight is 303 g/mol. The van der Waals surface area contributed by atoms with Crippen LogP contribution >= 0.6 is 0 Å². The Bertz CT molecular complexity index is 674. The van der Waals surface area contributed by atoms with Crippen molar-refractivity contribution in [2.45, 2.75) is 24.8 Å². The molecule has 2 aliphatic rings. The maximum atomic E-state index is 5.94. The number of hydrogen-bond donors (Lipinski definition) is 2. The molecule has 0 amide bonds. The zero-order valence-corrected chi connectivity index (χ0v) is 12.7. The van der Waals surface area contributed by atoms with E-state index in [1.165, 1.54) is 0 Å². The van der Waals surface area contributed by atoms with Gasteiger partial charge in [-0.05, 0) is 25.8 Å². The molecule has 2 fully saturated rings. The number of rotatable bonds is 3. The van der Waals surface area contributed by atoms with Crippen molar-refractivity contribution in [3.63, 3.8) is 0 Å². The highest BCUT2D eigenvalue weighted by atomic mass is 16.5. The van der Waals surface area contributed by atoms with Crippen molar-refractivity contribution >= 4 is 22.9 Å². The summed E-state index contributed by atoms with van der Waals surface area (Å²) in [6.45, 7) is 3.41. The summed E-state index contributed by atoms with van der Waals surface area (Å²) in [5.74, 6) is 1.55. The Morgan fingerprint density at radius 2 is 2.05 bits per heavy atom. The van der Waals surface area contributed by atoms with E-state index in [2.05, 4.69) is 20.2 Å². The Morgan fingerprint density at radius 1 is 1.27 bits per heavy atom. The first-order chi connectivity index (χ1) is 10.8. The molecular weight excluding hydrogens is 282 g/mol. The number of likely N-dealkylation sites (N-methyl/N-ethyl adjacent to an activating group) is 1. The van der Waals surface area contributed by atoms with Crippen LogP contribution in [0.25, 0.3) is 11.1 Å². The highest BCUT2D eigenvalue weighted by Gasteiger charge is 2.31. The van der Waals surface area contributed by atoms with Gasteiger partial charge in [-0.1, -0.05) is 0 Å². The van der Waals surface area contributed by atoms with Crippen LogP contribution in [-0.4, -0.2) is 49.4 Å². The van der Waals surface area contributed by atoms with Crippen LogP contribution in [-0.2, 0) is 4.74 Å². The number of ether oxygens (including phenoxy) is 1. The molecule has 22 heavy (non-hydrogen) atoms. The molecule has 2 aromatic rings. The first-order valence-corrected chi connectivity index (χ1v) is 7.81. The predicted octanol–water partition coefficient (Wildman–Crippen LogP) is 1.11. The third kappa shape index (κ3) is 2.21. The Kier molecular flexibility index (Phi) is 3.38. The molecule has 7 nitrogen and oxygen atoms in total. The summed E-state index contributed by atoms with van der Waals surface area (Å²) >= 11 is 0. The van der Waals surface area contributed by atoms with Crippen molar-refractivity contribution < 1.29 is 9.15 Å². The van der Waals surface area contributed by atoms with Gasteiger partial charge >= 0.3 is 0 Å². The zero-order valence-electron chi connectivity index (χ0n) is 12.7. The highest BCUT2D eigenvalue weighted by molar-refractivity contribution is 5.88. The van der Waals surface area contributed by atoms with Gasteiger partial charge in [0.05, 0.1) is 6.26 Å². The average Bonchev–Trinajstić information content (AvgIpc) is 2.90. The molecule has 0 radical (unpaired) electrons. The second-order valence-corrected chi connectivity index (χ2v) is 6.05. The molecular formula is C15H21N5O2. The molecule has 3 N–H and O–H groups in total. The van der Waals surface area contributed by atoms with Crippen LogP contribution in [0, 0.1) is 0 Å². The monoisotopic (exact) mass is 303 g/mol. The van der Waals surface area contributed by atoms with Crippen molar-refractivity contribution in [1.29, 1.82) is 0 Å². The fourth-order valence-corrected chi connectivity index (χ4v) is 3.28. The second kappa shape index (κ2) is 5.40. The molecule has 0 aliphatic carbocycles. The number of nitrogen functional groups attached to an aromatic ring is 1. The fraction of sp³-hybridized carbons (Fsp3) is 0.600. The third-order valence-corrected chi connectivity index (χ3v) is 4.69. The molecule has 0 unspecified atom stereocenters. The summed E-state index contributed by atoms with van der Waals surface area (Å²) in [5.41, 5.74) is 8.69. The van der Waals surface area contributed by atoms with Gasteiger partial charge in [0, 0.05) is 37.9 Å². The predicted molar refractivity (Wildman–Crippen MR) is 84.1 cm³/mol. The molecule has 118 valence electrons. The van der Waals surface area contributed by atoms with Crippen molar-refractivity contribution in [1.82, 2.24) is 15.3 Å². The molecule has 0 spiro atoms. The van der Waals surface area contributed by atoms with E-state index in [9.17, 15) is 0 Å². The molecule has 4 heterocycles. The summed E-state index contributed by atoms with van der Waals surface area (Å²) < 4.78 is 11.3. The van der Waals surface area contributed by atoms with Crippen LogP contribution in [0.15, 0.2) is 10.7 Å². The Labute approximate surface area is 128 Å². The number of furan rings is 1. The van der Waals surface area contributed by atoms with E-state index in [-0.39, 0.29) is 0 Å². The molecule has 0 bridgehead atoms. The van der Waals surface area contributed by atoms with Gasteiger partial charge in [0.15, 0.2) is 11.4 Å². The lowest BCUT2D eigenvalue weighted by atomic mass is 9.93. The van der Waals surface area contributed by atoms with Gasteiger partial charge in [-0.2, -0.15) is 4.98 Å². The van der Waals surface area contributed by atoms with E-state index in [0.29, 0.717) is 17.9 Å². The topological polar surface area (TPSA) is 89.4 Å². The van der Waals surface area contributed by atoms with Crippen molar-refractivity contribution in [2.24, 2.45) is 0 Å². The smallest absolute Gasteiger partial charge is 0.222 e. The van der Waals surface area contributed by atoms with Crippen LogP contribution in [0.5, 0.6) is 0 Å². The van der Waals surface area contributed by atoms with Gasteiger partial charge < -0.3 is 25.1 Å². The number of nitrogens with one attached hydrogen (secondary N) is 1. The highest BCUT2D eigenvalue weighted by Crippen LogP contribution is 2.37. The summed E-state index contributed by atoms with van der Waals surface area (Å²) in [4.78, 5) is 11.0. The number of nitrogens with two attached hydrogens (primary N) is 1. The molecule has 7 heteroatoms. The Balaban J connectivity index is 1.71. The second-order valence-electron chi connectivity index (χ2n) is 6.05. The lowest BCUT2D eigenvalue weighted by Crippen LogP contribution is -2.57. The maximum Gasteiger partial charge on any atom is 0.222 e. The zero-order chi connectivity index (χ0) is 15.1. The van der Waals surface area contributed by atoms with Gasteiger partial charge in [0.2, 0.25) is 5.95 Å². The molecule has 2 saturated heterocycles. The van der Waals surface area contributed by atoms with Crippen LogP contribution in [0.2, 0.25) is 0 Å². The van der Waals surface area contributed by atoms with E-state index >= 15 is 0 Å². The lowest BCUT2D eigenvalue weighted by molar-refractivity contribution is 0.0854. The molecule has 0 atom stereocenters. The van der Waals surface area contributed by atoms with Gasteiger partial charge in [0.25, 0.3) is 0 Å².